The summed E-state index contributed by atoms with van der Waals surface area (Å²) < 4.78 is 13.4. The Kier molecular flexibility index (Phi) is 6.66. The van der Waals surface area contributed by atoms with Gasteiger partial charge in [0.25, 0.3) is 0 Å². The molecule has 160 valence electrons. The standard InChI is InChI=1S/C22H28FN5O2/c1-14(2)12-27-8-9-28(19(13-27)16-4-6-17(23)7-5-16)22(30)21(29)26-18-10-15(3)20(24)25-11-18/h4-7,10-11,14,19H,8-9,12-13H2,1-3H3,(H2,24,25)(H,26,29). The maximum absolute atomic E-state index is 13.4. The average Bonchev–Trinajstić information content (AvgIpc) is 2.70. The summed E-state index contributed by atoms with van der Waals surface area (Å²) >= 11 is 0. The molecule has 1 saturated heterocycles. The predicted molar refractivity (Wildman–Crippen MR) is 114 cm³/mol. The van der Waals surface area contributed by atoms with Crippen molar-refractivity contribution in [1.82, 2.24) is 14.8 Å². The van der Waals surface area contributed by atoms with Crippen LogP contribution < -0.4 is 11.1 Å². The lowest BCUT2D eigenvalue weighted by molar-refractivity contribution is -0.146. The van der Waals surface area contributed by atoms with Crippen molar-refractivity contribution in [2.75, 3.05) is 37.2 Å². The second-order valence-corrected chi connectivity index (χ2v) is 8.10. The number of aryl methyl sites for hydroxylation is 1. The lowest BCUT2D eigenvalue weighted by atomic mass is 10.0. The van der Waals surface area contributed by atoms with Gasteiger partial charge in [-0.25, -0.2) is 9.37 Å². The molecule has 0 aliphatic carbocycles. The minimum atomic E-state index is -0.731. The number of pyridine rings is 1. The van der Waals surface area contributed by atoms with Crippen LogP contribution in [0.1, 0.15) is 31.0 Å². The monoisotopic (exact) mass is 413 g/mol. The lowest BCUT2D eigenvalue weighted by Crippen LogP contribution is -2.53. The van der Waals surface area contributed by atoms with Gasteiger partial charge in [-0.05, 0) is 42.2 Å². The van der Waals surface area contributed by atoms with Crippen LogP contribution in [0.4, 0.5) is 15.9 Å². The summed E-state index contributed by atoms with van der Waals surface area (Å²) in [5, 5.41) is 2.61. The van der Waals surface area contributed by atoms with Gasteiger partial charge in [0.2, 0.25) is 0 Å². The van der Waals surface area contributed by atoms with E-state index >= 15 is 0 Å². The number of anilines is 2. The first-order valence-corrected chi connectivity index (χ1v) is 10.1. The lowest BCUT2D eigenvalue weighted by Gasteiger charge is -2.42. The van der Waals surface area contributed by atoms with Crippen molar-refractivity contribution in [3.63, 3.8) is 0 Å². The molecule has 1 unspecified atom stereocenters. The molecule has 0 spiro atoms. The highest BCUT2D eigenvalue weighted by Crippen LogP contribution is 2.27. The molecule has 1 aliphatic heterocycles. The molecule has 1 aliphatic rings. The summed E-state index contributed by atoms with van der Waals surface area (Å²) in [5.74, 6) is -0.841. The van der Waals surface area contributed by atoms with E-state index in [-0.39, 0.29) is 11.9 Å². The Morgan fingerprint density at radius 1 is 1.27 bits per heavy atom. The summed E-state index contributed by atoms with van der Waals surface area (Å²) in [7, 11) is 0. The number of nitrogen functional groups attached to an aromatic ring is 1. The Balaban J connectivity index is 1.79. The van der Waals surface area contributed by atoms with Crippen LogP contribution in [0.15, 0.2) is 36.5 Å². The Morgan fingerprint density at radius 3 is 2.60 bits per heavy atom. The molecule has 2 heterocycles. The van der Waals surface area contributed by atoms with Crippen LogP contribution in [0.3, 0.4) is 0 Å². The molecule has 3 rings (SSSR count). The van der Waals surface area contributed by atoms with E-state index in [0.717, 1.165) is 12.1 Å². The third-order valence-electron chi connectivity index (χ3n) is 5.17. The van der Waals surface area contributed by atoms with Gasteiger partial charge in [-0.3, -0.25) is 14.5 Å². The number of piperazine rings is 1. The van der Waals surface area contributed by atoms with Crippen molar-refractivity contribution in [2.45, 2.75) is 26.8 Å². The largest absolute Gasteiger partial charge is 0.383 e. The number of halogens is 1. The normalized spacial score (nSPS) is 17.2. The van der Waals surface area contributed by atoms with Crippen LogP contribution in [-0.4, -0.2) is 52.8 Å². The number of carbonyl (C=O) groups is 2. The van der Waals surface area contributed by atoms with Crippen molar-refractivity contribution >= 4 is 23.3 Å². The summed E-state index contributed by atoms with van der Waals surface area (Å²) in [6.45, 7) is 8.63. The molecule has 0 radical (unpaired) electrons. The van der Waals surface area contributed by atoms with Gasteiger partial charge in [-0.2, -0.15) is 0 Å². The highest BCUT2D eigenvalue weighted by atomic mass is 19.1. The van der Waals surface area contributed by atoms with Gasteiger partial charge in [0, 0.05) is 26.2 Å². The molecule has 3 N–H and O–H groups in total. The molecule has 0 saturated carbocycles. The molecule has 1 atom stereocenters. The van der Waals surface area contributed by atoms with Crippen molar-refractivity contribution in [2.24, 2.45) is 5.92 Å². The number of nitrogens with one attached hydrogen (secondary N) is 1. The van der Waals surface area contributed by atoms with E-state index in [1.54, 1.807) is 30.0 Å². The number of amides is 2. The molecule has 1 aromatic carbocycles. The van der Waals surface area contributed by atoms with Crippen LogP contribution in [0.25, 0.3) is 0 Å². The van der Waals surface area contributed by atoms with Crippen LogP contribution >= 0.6 is 0 Å². The van der Waals surface area contributed by atoms with E-state index in [1.165, 1.54) is 18.3 Å². The number of hydrogen-bond donors (Lipinski definition) is 2. The van der Waals surface area contributed by atoms with E-state index in [2.05, 4.69) is 29.0 Å². The number of aromatic nitrogens is 1. The van der Waals surface area contributed by atoms with E-state index in [4.69, 9.17) is 5.73 Å². The van der Waals surface area contributed by atoms with Crippen molar-refractivity contribution in [3.8, 4) is 0 Å². The smallest absolute Gasteiger partial charge is 0.313 e. The zero-order valence-electron chi connectivity index (χ0n) is 17.6. The Bertz CT molecular complexity index is 916. The third-order valence-corrected chi connectivity index (χ3v) is 5.17. The number of nitrogens with zero attached hydrogens (tertiary/aromatic N) is 3. The molecule has 30 heavy (non-hydrogen) atoms. The first kappa shape index (κ1) is 21.7. The maximum atomic E-state index is 13.4. The van der Waals surface area contributed by atoms with Crippen LogP contribution in [0.2, 0.25) is 0 Å². The van der Waals surface area contributed by atoms with Gasteiger partial charge < -0.3 is 16.0 Å². The van der Waals surface area contributed by atoms with Crippen molar-refractivity contribution in [3.05, 3.63) is 53.5 Å². The topological polar surface area (TPSA) is 91.6 Å². The first-order valence-electron chi connectivity index (χ1n) is 10.1. The molecule has 0 bridgehead atoms. The Labute approximate surface area is 176 Å². The molecule has 1 fully saturated rings. The fraction of sp³-hybridized carbons (Fsp3) is 0.409. The summed E-state index contributed by atoms with van der Waals surface area (Å²) in [5.41, 5.74) is 7.64. The van der Waals surface area contributed by atoms with Gasteiger partial charge in [0.15, 0.2) is 0 Å². The third kappa shape index (κ3) is 5.13. The highest BCUT2D eigenvalue weighted by molar-refractivity contribution is 6.39. The zero-order valence-corrected chi connectivity index (χ0v) is 17.6. The fourth-order valence-corrected chi connectivity index (χ4v) is 3.70. The molecule has 8 heteroatoms. The summed E-state index contributed by atoms with van der Waals surface area (Å²) in [6, 6.07) is 7.44. The fourth-order valence-electron chi connectivity index (χ4n) is 3.70. The van der Waals surface area contributed by atoms with Gasteiger partial charge in [0.1, 0.15) is 11.6 Å². The minimum Gasteiger partial charge on any atom is -0.383 e. The average molecular weight is 413 g/mol. The van der Waals surface area contributed by atoms with Crippen molar-refractivity contribution < 1.29 is 14.0 Å². The SMILES string of the molecule is Cc1cc(NC(=O)C(=O)N2CCN(CC(C)C)CC2c2ccc(F)cc2)cnc1N. The zero-order chi connectivity index (χ0) is 21.8. The highest BCUT2D eigenvalue weighted by Gasteiger charge is 2.34. The summed E-state index contributed by atoms with van der Waals surface area (Å²) in [4.78, 5) is 33.5. The molecule has 1 aromatic heterocycles. The van der Waals surface area contributed by atoms with E-state index in [9.17, 15) is 14.0 Å². The second-order valence-electron chi connectivity index (χ2n) is 8.10. The van der Waals surface area contributed by atoms with Crippen LogP contribution in [0, 0.1) is 18.7 Å². The number of carbonyl (C=O) groups excluding carboxylic acids is 2. The second kappa shape index (κ2) is 9.21. The van der Waals surface area contributed by atoms with E-state index < -0.39 is 11.8 Å². The Hall–Kier alpha value is -3.00. The number of nitrogens with two attached hydrogens (primary N) is 1. The van der Waals surface area contributed by atoms with Crippen molar-refractivity contribution in [1.29, 1.82) is 0 Å². The molecular weight excluding hydrogens is 385 g/mol. The first-order chi connectivity index (χ1) is 14.2. The maximum Gasteiger partial charge on any atom is 0.313 e. The van der Waals surface area contributed by atoms with Gasteiger partial charge >= 0.3 is 11.8 Å². The molecule has 2 aromatic rings. The summed E-state index contributed by atoms with van der Waals surface area (Å²) in [6.07, 6.45) is 1.42. The molecule has 7 nitrogen and oxygen atoms in total. The quantitative estimate of drug-likeness (QED) is 0.752. The number of rotatable bonds is 4. The predicted octanol–water partition coefficient (Wildman–Crippen LogP) is 2.59. The number of hydrogen-bond acceptors (Lipinski definition) is 5. The van der Waals surface area contributed by atoms with Crippen LogP contribution in [-0.2, 0) is 9.59 Å². The van der Waals surface area contributed by atoms with E-state index in [1.807, 2.05) is 0 Å². The Morgan fingerprint density at radius 2 is 1.97 bits per heavy atom. The molecular formula is C22H28FN5O2. The van der Waals surface area contributed by atoms with Crippen LogP contribution in [0.5, 0.6) is 0 Å². The minimum absolute atomic E-state index is 0.331. The molecule has 2 amide bonds. The van der Waals surface area contributed by atoms with Gasteiger partial charge in [0.05, 0.1) is 17.9 Å². The van der Waals surface area contributed by atoms with E-state index in [0.29, 0.717) is 42.6 Å². The van der Waals surface area contributed by atoms with Gasteiger partial charge in [-0.15, -0.1) is 0 Å². The van der Waals surface area contributed by atoms with Gasteiger partial charge in [-0.1, -0.05) is 26.0 Å². The number of benzene rings is 1.